The third kappa shape index (κ3) is 2.41. The van der Waals surface area contributed by atoms with E-state index in [1.165, 1.54) is 25.9 Å². The highest BCUT2D eigenvalue weighted by atomic mass is 79.9. The first-order valence-electron chi connectivity index (χ1n) is 7.42. The predicted molar refractivity (Wildman–Crippen MR) is 89.9 cm³/mol. The van der Waals surface area contributed by atoms with Crippen molar-refractivity contribution < 1.29 is 4.79 Å². The van der Waals surface area contributed by atoms with E-state index in [4.69, 9.17) is 0 Å². The van der Waals surface area contributed by atoms with E-state index in [2.05, 4.69) is 38.3 Å². The Kier molecular flexibility index (Phi) is 3.52. The summed E-state index contributed by atoms with van der Waals surface area (Å²) in [7, 11) is 0. The summed E-state index contributed by atoms with van der Waals surface area (Å²) < 4.78 is 2.09. The van der Waals surface area contributed by atoms with Crippen LogP contribution in [0, 0.1) is 5.92 Å². The van der Waals surface area contributed by atoms with Crippen LogP contribution in [-0.4, -0.2) is 36.5 Å². The van der Waals surface area contributed by atoms with Gasteiger partial charge in [-0.05, 0) is 53.8 Å². The Morgan fingerprint density at radius 1 is 1.29 bits per heavy atom. The van der Waals surface area contributed by atoms with Crippen molar-refractivity contribution >= 4 is 43.3 Å². The zero-order valence-electron chi connectivity index (χ0n) is 11.6. The number of hydrogen-bond acceptors (Lipinski definition) is 3. The minimum atomic E-state index is 0.0711. The van der Waals surface area contributed by atoms with Crippen LogP contribution >= 0.6 is 27.3 Å². The van der Waals surface area contributed by atoms with Gasteiger partial charge in [-0.25, -0.2) is 0 Å². The highest BCUT2D eigenvalue weighted by molar-refractivity contribution is 9.10. The molecule has 3 aliphatic rings. The fourth-order valence-electron chi connectivity index (χ4n) is 3.52. The van der Waals surface area contributed by atoms with Gasteiger partial charge in [-0.3, -0.25) is 4.79 Å². The van der Waals surface area contributed by atoms with Gasteiger partial charge in [0.05, 0.1) is 0 Å². The van der Waals surface area contributed by atoms with Crippen LogP contribution in [0.3, 0.4) is 0 Å². The van der Waals surface area contributed by atoms with E-state index < -0.39 is 0 Å². The molecule has 5 heteroatoms. The van der Waals surface area contributed by atoms with Gasteiger partial charge in [0.25, 0.3) is 5.91 Å². The molecule has 110 valence electrons. The minimum absolute atomic E-state index is 0.0711. The molecular weight excluding hydrogens is 348 g/mol. The van der Waals surface area contributed by atoms with Gasteiger partial charge in [0.15, 0.2) is 0 Å². The molecule has 2 aromatic rings. The van der Waals surface area contributed by atoms with Gasteiger partial charge >= 0.3 is 0 Å². The first kappa shape index (κ1) is 13.7. The van der Waals surface area contributed by atoms with Gasteiger partial charge in [0, 0.05) is 27.1 Å². The Hall–Kier alpha value is -0.910. The number of thiophene rings is 1. The summed E-state index contributed by atoms with van der Waals surface area (Å²) in [5.41, 5.74) is 0. The number of fused-ring (bicyclic) bond motifs is 4. The van der Waals surface area contributed by atoms with Crippen LogP contribution in [0.25, 0.3) is 10.1 Å². The fourth-order valence-corrected chi connectivity index (χ4v) is 5.42. The average Bonchev–Trinajstić information content (AvgIpc) is 2.86. The third-order valence-corrected chi connectivity index (χ3v) is 6.97. The molecule has 1 unspecified atom stereocenters. The zero-order valence-corrected chi connectivity index (χ0v) is 14.0. The molecule has 0 saturated carbocycles. The SMILES string of the molecule is O=C(NC1CN2CCC1CC2)c1sc2ccccc2c1Br. The summed E-state index contributed by atoms with van der Waals surface area (Å²) >= 11 is 5.17. The van der Waals surface area contributed by atoms with Crippen LogP contribution in [-0.2, 0) is 0 Å². The highest BCUT2D eigenvalue weighted by Gasteiger charge is 2.35. The lowest BCUT2D eigenvalue weighted by Crippen LogP contribution is -2.57. The molecule has 5 rings (SSSR count). The van der Waals surface area contributed by atoms with Crippen molar-refractivity contribution in [1.29, 1.82) is 0 Å². The Morgan fingerprint density at radius 2 is 2.05 bits per heavy atom. The first-order chi connectivity index (χ1) is 10.2. The molecule has 1 aromatic heterocycles. The second-order valence-corrected chi connectivity index (χ2v) is 7.80. The van der Waals surface area contributed by atoms with Gasteiger partial charge in [-0.15, -0.1) is 11.3 Å². The maximum absolute atomic E-state index is 12.6. The number of nitrogens with zero attached hydrogens (tertiary/aromatic N) is 1. The molecule has 1 amide bonds. The summed E-state index contributed by atoms with van der Waals surface area (Å²) in [6.45, 7) is 3.41. The topological polar surface area (TPSA) is 32.3 Å². The van der Waals surface area contributed by atoms with E-state index in [-0.39, 0.29) is 5.91 Å². The van der Waals surface area contributed by atoms with Crippen LogP contribution in [0.1, 0.15) is 22.5 Å². The molecular formula is C16H17BrN2OS. The minimum Gasteiger partial charge on any atom is -0.347 e. The molecule has 3 nitrogen and oxygen atoms in total. The van der Waals surface area contributed by atoms with Crippen LogP contribution in [0.4, 0.5) is 0 Å². The van der Waals surface area contributed by atoms with Gasteiger partial charge in [-0.1, -0.05) is 18.2 Å². The number of piperidine rings is 3. The average molecular weight is 365 g/mol. The van der Waals surface area contributed by atoms with Crippen molar-refractivity contribution in [3.63, 3.8) is 0 Å². The Labute approximate surface area is 136 Å². The lowest BCUT2D eigenvalue weighted by molar-refractivity contribution is 0.0622. The second kappa shape index (κ2) is 5.38. The Bertz CT molecular complexity index is 691. The number of nitrogens with one attached hydrogen (secondary N) is 1. The van der Waals surface area contributed by atoms with Crippen molar-refractivity contribution in [2.45, 2.75) is 18.9 Å². The van der Waals surface area contributed by atoms with Crippen LogP contribution < -0.4 is 5.32 Å². The number of benzene rings is 1. The van der Waals surface area contributed by atoms with Crippen molar-refractivity contribution in [3.05, 3.63) is 33.6 Å². The monoisotopic (exact) mass is 364 g/mol. The van der Waals surface area contributed by atoms with Crippen LogP contribution in [0.2, 0.25) is 0 Å². The van der Waals surface area contributed by atoms with Gasteiger partial charge in [0.1, 0.15) is 4.88 Å². The van der Waals surface area contributed by atoms with Gasteiger partial charge < -0.3 is 10.2 Å². The predicted octanol–water partition coefficient (Wildman–Crippen LogP) is 3.49. The fraction of sp³-hybridized carbons (Fsp3) is 0.438. The third-order valence-electron chi connectivity index (χ3n) is 4.71. The molecule has 2 bridgehead atoms. The highest BCUT2D eigenvalue weighted by Crippen LogP contribution is 2.36. The maximum Gasteiger partial charge on any atom is 0.262 e. The second-order valence-electron chi connectivity index (χ2n) is 5.96. The molecule has 1 N–H and O–H groups in total. The zero-order chi connectivity index (χ0) is 14.4. The van der Waals surface area contributed by atoms with Crippen molar-refractivity contribution in [2.24, 2.45) is 5.92 Å². The number of amides is 1. The van der Waals surface area contributed by atoms with Crippen molar-refractivity contribution in [2.75, 3.05) is 19.6 Å². The summed E-state index contributed by atoms with van der Waals surface area (Å²) in [6.07, 6.45) is 2.44. The number of carbonyl (C=O) groups is 1. The summed E-state index contributed by atoms with van der Waals surface area (Å²) in [4.78, 5) is 15.9. The van der Waals surface area contributed by atoms with Gasteiger partial charge in [0.2, 0.25) is 0 Å². The molecule has 4 heterocycles. The van der Waals surface area contributed by atoms with Crippen LogP contribution in [0.5, 0.6) is 0 Å². The largest absolute Gasteiger partial charge is 0.347 e. The Balaban J connectivity index is 1.58. The van der Waals surface area contributed by atoms with E-state index >= 15 is 0 Å². The number of hydrogen-bond donors (Lipinski definition) is 1. The van der Waals surface area contributed by atoms with Crippen molar-refractivity contribution in [1.82, 2.24) is 10.2 Å². The normalized spacial score (nSPS) is 28.0. The smallest absolute Gasteiger partial charge is 0.262 e. The first-order valence-corrected chi connectivity index (χ1v) is 9.03. The molecule has 3 aliphatic heterocycles. The summed E-state index contributed by atoms with van der Waals surface area (Å²) in [6, 6.07) is 8.46. The summed E-state index contributed by atoms with van der Waals surface area (Å²) in [5.74, 6) is 0.730. The van der Waals surface area contributed by atoms with Crippen LogP contribution in [0.15, 0.2) is 28.7 Å². The molecule has 1 aromatic carbocycles. The molecule has 0 spiro atoms. The van der Waals surface area contributed by atoms with E-state index in [0.717, 1.165) is 26.0 Å². The standard InChI is InChI=1S/C16H17BrN2OS/c17-14-11-3-1-2-4-13(11)21-15(14)16(20)18-12-9-19-7-5-10(12)6-8-19/h1-4,10,12H,5-9H2,(H,18,20). The maximum atomic E-state index is 12.6. The van der Waals surface area contributed by atoms with E-state index in [1.54, 1.807) is 11.3 Å². The molecule has 21 heavy (non-hydrogen) atoms. The Morgan fingerprint density at radius 3 is 2.71 bits per heavy atom. The van der Waals surface area contributed by atoms with E-state index in [0.29, 0.717) is 12.0 Å². The van der Waals surface area contributed by atoms with E-state index in [1.807, 2.05) is 12.1 Å². The number of halogens is 1. The molecule has 3 fully saturated rings. The summed E-state index contributed by atoms with van der Waals surface area (Å²) in [5, 5.41) is 4.39. The lowest BCUT2D eigenvalue weighted by Gasteiger charge is -2.44. The number of rotatable bonds is 2. The quantitative estimate of drug-likeness (QED) is 0.884. The molecule has 1 atom stereocenters. The van der Waals surface area contributed by atoms with E-state index in [9.17, 15) is 4.79 Å². The van der Waals surface area contributed by atoms with Gasteiger partial charge in [-0.2, -0.15) is 0 Å². The molecule has 0 radical (unpaired) electrons. The lowest BCUT2D eigenvalue weighted by atomic mass is 9.84. The number of carbonyl (C=O) groups excluding carboxylic acids is 1. The molecule has 0 aliphatic carbocycles. The molecule has 3 saturated heterocycles. The van der Waals surface area contributed by atoms with Crippen molar-refractivity contribution in [3.8, 4) is 0 Å².